The number of sulfonamides is 1. The minimum Gasteiger partial charge on any atom is -0.550 e. The number of rotatable bonds is 3. The number of fused-ring (bicyclic) bond motifs is 1. The third-order valence-corrected chi connectivity index (χ3v) is 6.37. The van der Waals surface area contributed by atoms with Gasteiger partial charge in [-0.05, 0) is 19.3 Å². The average Bonchev–Trinajstić information content (AvgIpc) is 2.90. The second-order valence-electron chi connectivity index (χ2n) is 7.49. The van der Waals surface area contributed by atoms with Gasteiger partial charge in [0.05, 0.1) is 37.3 Å². The van der Waals surface area contributed by atoms with E-state index in [-0.39, 0.29) is 35.7 Å². The molecule has 148 valence electrons. The Bertz CT molecular complexity index is 684. The van der Waals surface area contributed by atoms with Crippen LogP contribution in [0.4, 0.5) is 0 Å². The van der Waals surface area contributed by atoms with Gasteiger partial charge >= 0.3 is 0 Å². The fraction of sp³-hybridized carbons (Fsp3) is 0.812. The number of carboxylic acids is 1. The van der Waals surface area contributed by atoms with E-state index in [1.54, 1.807) is 4.90 Å². The lowest BCUT2D eigenvalue weighted by Crippen LogP contribution is -2.97. The van der Waals surface area contributed by atoms with Crippen molar-refractivity contribution in [2.45, 2.75) is 39.3 Å². The summed E-state index contributed by atoms with van der Waals surface area (Å²) in [6.45, 7) is 6.95. The van der Waals surface area contributed by atoms with Crippen LogP contribution in [0.5, 0.6) is 0 Å². The van der Waals surface area contributed by atoms with Crippen LogP contribution in [0, 0.1) is 17.8 Å². The van der Waals surface area contributed by atoms with Crippen molar-refractivity contribution in [2.75, 3.05) is 25.9 Å². The average molecular weight is 389 g/mol. The molecule has 0 saturated carbocycles. The topological polar surface area (TPSA) is 132 Å². The Morgan fingerprint density at radius 3 is 2.19 bits per heavy atom. The molecule has 0 radical (unpaired) electrons. The molecule has 0 bridgehead atoms. The Kier molecular flexibility index (Phi) is 5.96. The highest BCUT2D eigenvalue weighted by molar-refractivity contribution is 7.88. The molecule has 26 heavy (non-hydrogen) atoms. The van der Waals surface area contributed by atoms with Crippen molar-refractivity contribution in [3.8, 4) is 0 Å². The SMILES string of the molecule is CC(=O)[O-].CC(C)[C@H]1C(=O)N(S(C)(=O)=O)[C@H]2CCN(C(=O)C3C[NH2+]C3)[C@H]12. The van der Waals surface area contributed by atoms with Gasteiger partial charge in [0.1, 0.15) is 5.92 Å². The number of nitrogens with zero attached hydrogens (tertiary/aromatic N) is 2. The predicted octanol–water partition coefficient (Wildman–Crippen LogP) is -3.02. The molecule has 3 fully saturated rings. The summed E-state index contributed by atoms with van der Waals surface area (Å²) in [5, 5.41) is 11.0. The Morgan fingerprint density at radius 2 is 1.81 bits per heavy atom. The van der Waals surface area contributed by atoms with Crippen LogP contribution in [0.2, 0.25) is 0 Å². The smallest absolute Gasteiger partial charge is 0.241 e. The fourth-order valence-electron chi connectivity index (χ4n) is 4.06. The van der Waals surface area contributed by atoms with Crippen molar-refractivity contribution in [1.82, 2.24) is 9.21 Å². The van der Waals surface area contributed by atoms with Gasteiger partial charge in [0, 0.05) is 12.5 Å². The summed E-state index contributed by atoms with van der Waals surface area (Å²) in [4.78, 5) is 35.9. The van der Waals surface area contributed by atoms with E-state index in [0.29, 0.717) is 13.0 Å². The van der Waals surface area contributed by atoms with Crippen molar-refractivity contribution in [3.05, 3.63) is 0 Å². The first-order valence-electron chi connectivity index (χ1n) is 8.79. The fourth-order valence-corrected chi connectivity index (χ4v) is 5.23. The van der Waals surface area contributed by atoms with Crippen LogP contribution >= 0.6 is 0 Å². The lowest BCUT2D eigenvalue weighted by Gasteiger charge is -2.33. The number of hydrogen-bond acceptors (Lipinski definition) is 6. The maximum Gasteiger partial charge on any atom is 0.241 e. The standard InChI is InChI=1S/C14H23N3O4S.C2H4O2/c1-8(2)11-12-10(17(14(11)19)22(3,20)21)4-5-16(12)13(18)9-6-15-7-9;1-2(3)4/h8-12,15H,4-7H2,1-3H3;1H3,(H,3,4)/t10-,11+,12-;/m0./s1. The van der Waals surface area contributed by atoms with Gasteiger partial charge in [-0.25, -0.2) is 12.7 Å². The minimum atomic E-state index is -3.59. The molecule has 10 heteroatoms. The van der Waals surface area contributed by atoms with Crippen molar-refractivity contribution >= 4 is 27.8 Å². The zero-order valence-electron chi connectivity index (χ0n) is 15.5. The molecule has 0 unspecified atom stereocenters. The molecular weight excluding hydrogens is 362 g/mol. The van der Waals surface area contributed by atoms with Crippen LogP contribution in [0.15, 0.2) is 0 Å². The number of amides is 2. The molecule has 3 saturated heterocycles. The van der Waals surface area contributed by atoms with Gasteiger partial charge in [0.2, 0.25) is 21.8 Å². The number of carbonyl (C=O) groups is 3. The van der Waals surface area contributed by atoms with Gasteiger partial charge in [0.25, 0.3) is 0 Å². The molecule has 0 aromatic rings. The number of carbonyl (C=O) groups excluding carboxylic acids is 3. The molecule has 0 aromatic heterocycles. The third kappa shape index (κ3) is 3.85. The first kappa shape index (κ1) is 20.6. The Hall–Kier alpha value is -1.68. The number of hydrogen-bond donors (Lipinski definition) is 1. The van der Waals surface area contributed by atoms with Gasteiger partial charge in [-0.1, -0.05) is 13.8 Å². The highest BCUT2D eigenvalue weighted by Crippen LogP contribution is 2.41. The van der Waals surface area contributed by atoms with Crippen molar-refractivity contribution in [2.24, 2.45) is 17.8 Å². The highest BCUT2D eigenvalue weighted by Gasteiger charge is 2.59. The summed E-state index contributed by atoms with van der Waals surface area (Å²) in [5.74, 6) is -1.73. The monoisotopic (exact) mass is 389 g/mol. The summed E-state index contributed by atoms with van der Waals surface area (Å²) in [6.07, 6.45) is 1.63. The largest absolute Gasteiger partial charge is 0.550 e. The molecule has 2 N–H and O–H groups in total. The van der Waals surface area contributed by atoms with Crippen LogP contribution in [0.3, 0.4) is 0 Å². The molecule has 3 aliphatic rings. The van der Waals surface area contributed by atoms with E-state index >= 15 is 0 Å². The Morgan fingerprint density at radius 1 is 1.27 bits per heavy atom. The number of carboxylic acid groups (broad SMARTS) is 1. The van der Waals surface area contributed by atoms with E-state index in [0.717, 1.165) is 30.6 Å². The normalized spacial score (nSPS) is 28.5. The number of likely N-dealkylation sites (tertiary alicyclic amines) is 1. The quantitative estimate of drug-likeness (QED) is 0.546. The minimum absolute atomic E-state index is 0.00750. The van der Waals surface area contributed by atoms with Crippen LogP contribution in [-0.2, 0) is 24.4 Å². The zero-order chi connectivity index (χ0) is 19.8. The Balaban J connectivity index is 0.000000552. The number of nitrogens with two attached hydrogens (primary N) is 1. The molecule has 3 aliphatic heterocycles. The second-order valence-corrected chi connectivity index (χ2v) is 9.35. The van der Waals surface area contributed by atoms with E-state index in [2.05, 4.69) is 5.32 Å². The van der Waals surface area contributed by atoms with Crippen molar-refractivity contribution in [3.63, 3.8) is 0 Å². The molecular formula is C16H27N3O6S. The summed E-state index contributed by atoms with van der Waals surface area (Å²) in [5.41, 5.74) is 0. The first-order chi connectivity index (χ1) is 12.0. The lowest BCUT2D eigenvalue weighted by atomic mass is 9.87. The Labute approximate surface area is 153 Å². The maximum atomic E-state index is 12.6. The molecule has 3 heterocycles. The number of quaternary nitrogens is 1. The van der Waals surface area contributed by atoms with E-state index in [4.69, 9.17) is 9.90 Å². The molecule has 0 aliphatic carbocycles. The first-order valence-corrected chi connectivity index (χ1v) is 10.6. The predicted molar refractivity (Wildman–Crippen MR) is 89.8 cm³/mol. The summed E-state index contributed by atoms with van der Waals surface area (Å²) < 4.78 is 25.1. The van der Waals surface area contributed by atoms with Gasteiger partial charge < -0.3 is 20.1 Å². The summed E-state index contributed by atoms with van der Waals surface area (Å²) in [7, 11) is -3.59. The zero-order valence-corrected chi connectivity index (χ0v) is 16.4. The molecule has 0 spiro atoms. The lowest BCUT2D eigenvalue weighted by molar-refractivity contribution is -0.717. The van der Waals surface area contributed by atoms with E-state index < -0.39 is 21.9 Å². The van der Waals surface area contributed by atoms with E-state index in [9.17, 15) is 18.0 Å². The highest BCUT2D eigenvalue weighted by atomic mass is 32.2. The number of aliphatic carboxylic acids is 1. The van der Waals surface area contributed by atoms with Gasteiger partial charge in [-0.15, -0.1) is 0 Å². The van der Waals surface area contributed by atoms with E-state index in [1.165, 1.54) is 0 Å². The van der Waals surface area contributed by atoms with Crippen molar-refractivity contribution < 1.29 is 33.2 Å². The van der Waals surface area contributed by atoms with Crippen molar-refractivity contribution in [1.29, 1.82) is 0 Å². The van der Waals surface area contributed by atoms with Gasteiger partial charge in [-0.3, -0.25) is 9.59 Å². The van der Waals surface area contributed by atoms with Crippen LogP contribution in [0.25, 0.3) is 0 Å². The molecule has 3 rings (SSSR count). The molecule has 2 amide bonds. The van der Waals surface area contributed by atoms with Crippen LogP contribution < -0.4 is 10.4 Å². The van der Waals surface area contributed by atoms with Gasteiger partial charge in [0.15, 0.2) is 0 Å². The molecule has 0 aromatic carbocycles. The molecule has 3 atom stereocenters. The van der Waals surface area contributed by atoms with E-state index in [1.807, 2.05) is 13.8 Å². The second kappa shape index (κ2) is 7.51. The summed E-state index contributed by atoms with van der Waals surface area (Å²) >= 11 is 0. The maximum absolute atomic E-state index is 12.6. The third-order valence-electron chi connectivity index (χ3n) is 5.20. The van der Waals surface area contributed by atoms with Crippen LogP contribution in [0.1, 0.15) is 27.2 Å². The van der Waals surface area contributed by atoms with Gasteiger partial charge in [-0.2, -0.15) is 0 Å². The summed E-state index contributed by atoms with van der Waals surface area (Å²) in [6, 6.07) is -0.682. The molecule has 9 nitrogen and oxygen atoms in total. The van der Waals surface area contributed by atoms with Crippen LogP contribution in [-0.4, -0.2) is 73.4 Å².